The molecule has 1 aromatic carbocycles. The molecule has 23 heavy (non-hydrogen) atoms. The molecule has 124 valence electrons. The van der Waals surface area contributed by atoms with Crippen LogP contribution >= 0.6 is 0 Å². The summed E-state index contributed by atoms with van der Waals surface area (Å²) in [6.07, 6.45) is 2.13. The lowest BCUT2D eigenvalue weighted by molar-refractivity contribution is -0.131. The van der Waals surface area contributed by atoms with Crippen LogP contribution in [0.15, 0.2) is 47.1 Å². The summed E-state index contributed by atoms with van der Waals surface area (Å²) in [5.74, 6) is 1.65. The molecule has 5 heteroatoms. The molecule has 1 heterocycles. The molecule has 0 aliphatic rings. The van der Waals surface area contributed by atoms with Crippen LogP contribution in [0.3, 0.4) is 0 Å². The molecule has 1 aromatic heterocycles. The average molecular weight is 316 g/mol. The molecule has 0 bridgehead atoms. The maximum absolute atomic E-state index is 12.8. The fourth-order valence-corrected chi connectivity index (χ4v) is 2.47. The molecule has 1 amide bonds. The quantitative estimate of drug-likeness (QED) is 0.812. The third-order valence-electron chi connectivity index (χ3n) is 3.79. The zero-order valence-electron chi connectivity index (χ0n) is 13.9. The van der Waals surface area contributed by atoms with Gasteiger partial charge in [-0.05, 0) is 50.2 Å². The summed E-state index contributed by atoms with van der Waals surface area (Å²) in [5.41, 5.74) is 0.878. The predicted octanol–water partition coefficient (Wildman–Crippen LogP) is 3.18. The van der Waals surface area contributed by atoms with Gasteiger partial charge in [0.15, 0.2) is 0 Å². The van der Waals surface area contributed by atoms with Crippen LogP contribution in [0.25, 0.3) is 0 Å². The van der Waals surface area contributed by atoms with Gasteiger partial charge in [0.25, 0.3) is 0 Å². The van der Waals surface area contributed by atoms with Gasteiger partial charge in [-0.25, -0.2) is 0 Å². The Morgan fingerprint density at radius 3 is 2.43 bits per heavy atom. The van der Waals surface area contributed by atoms with E-state index in [0.29, 0.717) is 19.5 Å². The van der Waals surface area contributed by atoms with E-state index in [4.69, 9.17) is 9.15 Å². The van der Waals surface area contributed by atoms with Crippen LogP contribution in [0.2, 0.25) is 0 Å². The monoisotopic (exact) mass is 316 g/mol. The van der Waals surface area contributed by atoms with Crippen molar-refractivity contribution in [1.82, 2.24) is 4.90 Å². The van der Waals surface area contributed by atoms with Gasteiger partial charge in [0.2, 0.25) is 5.91 Å². The molecule has 1 N–H and O–H groups in total. The molecule has 0 spiro atoms. The lowest BCUT2D eigenvalue weighted by atomic mass is 10.1. The normalized spacial score (nSPS) is 11.8. The van der Waals surface area contributed by atoms with E-state index >= 15 is 0 Å². The minimum Gasteiger partial charge on any atom is -0.497 e. The van der Waals surface area contributed by atoms with Gasteiger partial charge in [-0.2, -0.15) is 0 Å². The predicted molar refractivity (Wildman–Crippen MR) is 90.7 cm³/mol. The summed E-state index contributed by atoms with van der Waals surface area (Å²) >= 11 is 0. The Balaban J connectivity index is 2.15. The second-order valence-electron chi connectivity index (χ2n) is 5.22. The average Bonchev–Trinajstić information content (AvgIpc) is 3.09. The number of anilines is 1. The van der Waals surface area contributed by atoms with Gasteiger partial charge in [0.05, 0.1) is 13.4 Å². The lowest BCUT2D eigenvalue weighted by Crippen LogP contribution is -2.44. The number of methoxy groups -OCH3 is 1. The van der Waals surface area contributed by atoms with Gasteiger partial charge in [-0.1, -0.05) is 0 Å². The van der Waals surface area contributed by atoms with Crippen molar-refractivity contribution in [2.75, 3.05) is 25.5 Å². The standard InChI is InChI=1S/C18H24N2O3/c1-4-20(5-2)18(21)17(13-16-7-6-12-23-16)19-14-8-10-15(22-3)11-9-14/h6-12,17,19H,4-5,13H2,1-3H3. The number of likely N-dealkylation sites (N-methyl/N-ethyl adjacent to an activating group) is 1. The summed E-state index contributed by atoms with van der Waals surface area (Å²) in [6, 6.07) is 10.9. The minimum absolute atomic E-state index is 0.0715. The van der Waals surface area contributed by atoms with Crippen molar-refractivity contribution in [2.45, 2.75) is 26.3 Å². The van der Waals surface area contributed by atoms with Crippen molar-refractivity contribution in [3.05, 3.63) is 48.4 Å². The fourth-order valence-electron chi connectivity index (χ4n) is 2.47. The van der Waals surface area contributed by atoms with Crippen LogP contribution < -0.4 is 10.1 Å². The highest BCUT2D eigenvalue weighted by Gasteiger charge is 2.24. The number of carbonyl (C=O) groups is 1. The Kier molecular flexibility index (Phi) is 6.09. The van der Waals surface area contributed by atoms with Gasteiger partial charge < -0.3 is 19.4 Å². The zero-order valence-corrected chi connectivity index (χ0v) is 13.9. The third-order valence-corrected chi connectivity index (χ3v) is 3.79. The first-order valence-electron chi connectivity index (χ1n) is 7.89. The highest BCUT2D eigenvalue weighted by atomic mass is 16.5. The topological polar surface area (TPSA) is 54.7 Å². The fraction of sp³-hybridized carbons (Fsp3) is 0.389. The number of nitrogens with one attached hydrogen (secondary N) is 1. The Morgan fingerprint density at radius 1 is 1.22 bits per heavy atom. The third kappa shape index (κ3) is 4.52. The van der Waals surface area contributed by atoms with E-state index in [2.05, 4.69) is 5.32 Å². The second-order valence-corrected chi connectivity index (χ2v) is 5.22. The van der Waals surface area contributed by atoms with Gasteiger partial charge in [0, 0.05) is 25.2 Å². The summed E-state index contributed by atoms with van der Waals surface area (Å²) in [4.78, 5) is 14.6. The maximum Gasteiger partial charge on any atom is 0.245 e. The molecule has 5 nitrogen and oxygen atoms in total. The van der Waals surface area contributed by atoms with Crippen LogP contribution in [0.4, 0.5) is 5.69 Å². The van der Waals surface area contributed by atoms with E-state index in [1.54, 1.807) is 13.4 Å². The highest BCUT2D eigenvalue weighted by Crippen LogP contribution is 2.18. The van der Waals surface area contributed by atoms with E-state index in [-0.39, 0.29) is 11.9 Å². The van der Waals surface area contributed by atoms with Gasteiger partial charge in [0.1, 0.15) is 17.6 Å². The van der Waals surface area contributed by atoms with E-state index in [9.17, 15) is 4.79 Å². The van der Waals surface area contributed by atoms with Gasteiger partial charge in [-0.3, -0.25) is 4.79 Å². The lowest BCUT2D eigenvalue weighted by Gasteiger charge is -2.26. The molecule has 2 aromatic rings. The molecule has 1 atom stereocenters. The van der Waals surface area contributed by atoms with E-state index in [1.807, 2.05) is 55.1 Å². The number of furan rings is 1. The Labute approximate surface area is 137 Å². The molecule has 1 unspecified atom stereocenters. The molecule has 0 radical (unpaired) electrons. The van der Waals surface area contributed by atoms with Crippen LogP contribution in [0.5, 0.6) is 5.75 Å². The Hall–Kier alpha value is -2.43. The number of carbonyl (C=O) groups excluding carboxylic acids is 1. The SMILES string of the molecule is CCN(CC)C(=O)C(Cc1ccco1)Nc1ccc(OC)cc1. The number of hydrogen-bond donors (Lipinski definition) is 1. The van der Waals surface area contributed by atoms with Gasteiger partial charge in [-0.15, -0.1) is 0 Å². The molecule has 0 aliphatic heterocycles. The number of hydrogen-bond acceptors (Lipinski definition) is 4. The number of benzene rings is 1. The van der Waals surface area contributed by atoms with Gasteiger partial charge >= 0.3 is 0 Å². The van der Waals surface area contributed by atoms with Crippen LogP contribution in [-0.2, 0) is 11.2 Å². The summed E-state index contributed by atoms with van der Waals surface area (Å²) in [6.45, 7) is 5.35. The molecular weight excluding hydrogens is 292 g/mol. The zero-order chi connectivity index (χ0) is 16.7. The Bertz CT molecular complexity index is 589. The highest BCUT2D eigenvalue weighted by molar-refractivity contribution is 5.85. The Morgan fingerprint density at radius 2 is 1.91 bits per heavy atom. The first kappa shape index (κ1) is 16.9. The summed E-state index contributed by atoms with van der Waals surface area (Å²) in [5, 5.41) is 3.31. The molecule has 0 aliphatic carbocycles. The van der Waals surface area contributed by atoms with Crippen molar-refractivity contribution in [3.63, 3.8) is 0 Å². The van der Waals surface area contributed by atoms with Crippen molar-refractivity contribution in [2.24, 2.45) is 0 Å². The van der Waals surface area contributed by atoms with Crippen LogP contribution in [-0.4, -0.2) is 37.0 Å². The smallest absolute Gasteiger partial charge is 0.245 e. The van der Waals surface area contributed by atoms with Crippen molar-refractivity contribution < 1.29 is 13.9 Å². The first-order chi connectivity index (χ1) is 11.2. The first-order valence-corrected chi connectivity index (χ1v) is 7.89. The van der Waals surface area contributed by atoms with Crippen molar-refractivity contribution in [3.8, 4) is 5.75 Å². The number of amides is 1. The second kappa shape index (κ2) is 8.27. The molecule has 0 saturated carbocycles. The van der Waals surface area contributed by atoms with E-state index in [0.717, 1.165) is 17.2 Å². The molecular formula is C18H24N2O3. The van der Waals surface area contributed by atoms with Crippen LogP contribution in [0, 0.1) is 0 Å². The van der Waals surface area contributed by atoms with Crippen molar-refractivity contribution >= 4 is 11.6 Å². The molecule has 0 fully saturated rings. The summed E-state index contributed by atoms with van der Waals surface area (Å²) < 4.78 is 10.6. The van der Waals surface area contributed by atoms with E-state index in [1.165, 1.54) is 0 Å². The number of rotatable bonds is 8. The molecule has 2 rings (SSSR count). The van der Waals surface area contributed by atoms with Crippen molar-refractivity contribution in [1.29, 1.82) is 0 Å². The molecule has 0 saturated heterocycles. The summed E-state index contributed by atoms with van der Waals surface area (Å²) in [7, 11) is 1.63. The maximum atomic E-state index is 12.8. The number of ether oxygens (including phenoxy) is 1. The minimum atomic E-state index is -0.366. The largest absolute Gasteiger partial charge is 0.497 e. The van der Waals surface area contributed by atoms with Crippen LogP contribution in [0.1, 0.15) is 19.6 Å². The van der Waals surface area contributed by atoms with E-state index < -0.39 is 0 Å². The number of nitrogens with zero attached hydrogens (tertiary/aromatic N) is 1.